The summed E-state index contributed by atoms with van der Waals surface area (Å²) in [5.41, 5.74) is 1.21. The van der Waals surface area contributed by atoms with E-state index in [1.165, 1.54) is 0 Å². The Morgan fingerprint density at radius 3 is 2.36 bits per heavy atom. The zero-order chi connectivity index (χ0) is 25.5. The molecule has 0 bridgehead atoms. The lowest BCUT2D eigenvalue weighted by molar-refractivity contribution is -0.127. The van der Waals surface area contributed by atoms with Crippen molar-refractivity contribution in [2.45, 2.75) is 13.0 Å². The second-order valence-electron chi connectivity index (χ2n) is 7.61. The molecule has 0 saturated heterocycles. The van der Waals surface area contributed by atoms with Gasteiger partial charge in [-0.05, 0) is 55.5 Å². The number of hydrogen-bond acceptors (Lipinski definition) is 9. The van der Waals surface area contributed by atoms with Crippen LogP contribution in [0.15, 0.2) is 54.6 Å². The van der Waals surface area contributed by atoms with Crippen molar-refractivity contribution in [1.82, 2.24) is 25.1 Å². The SMILES string of the molecule is COc1ccc(OC(C)C(=O)NCCOc2ccc3nnc(-c4cc(OC)ccc4OC)n3n2)cc1. The molecule has 1 amide bonds. The van der Waals surface area contributed by atoms with Crippen LogP contribution in [0.2, 0.25) is 0 Å². The van der Waals surface area contributed by atoms with Gasteiger partial charge >= 0.3 is 0 Å². The van der Waals surface area contributed by atoms with Gasteiger partial charge in [0, 0.05) is 6.07 Å². The number of rotatable bonds is 11. The van der Waals surface area contributed by atoms with E-state index in [-0.39, 0.29) is 19.1 Å². The standard InChI is InChI=1S/C25H27N5O6/c1-16(36-18-7-5-17(32-2)6-8-18)25(31)26-13-14-35-23-12-11-22-27-28-24(30(22)29-23)20-15-19(33-3)9-10-21(20)34-4/h5-12,15-16H,13-14H2,1-4H3,(H,26,31). The Morgan fingerprint density at radius 1 is 0.917 bits per heavy atom. The number of benzene rings is 2. The lowest BCUT2D eigenvalue weighted by atomic mass is 10.2. The minimum atomic E-state index is -0.676. The minimum Gasteiger partial charge on any atom is -0.497 e. The van der Waals surface area contributed by atoms with Gasteiger partial charge in [0.1, 0.15) is 29.6 Å². The van der Waals surface area contributed by atoms with Crippen molar-refractivity contribution in [1.29, 1.82) is 0 Å². The van der Waals surface area contributed by atoms with Crippen LogP contribution in [0.5, 0.6) is 28.9 Å². The Morgan fingerprint density at radius 2 is 1.64 bits per heavy atom. The number of ether oxygens (including phenoxy) is 5. The van der Waals surface area contributed by atoms with Crippen LogP contribution < -0.4 is 29.0 Å². The van der Waals surface area contributed by atoms with Crippen LogP contribution >= 0.6 is 0 Å². The molecule has 0 radical (unpaired) electrons. The van der Waals surface area contributed by atoms with Crippen LogP contribution in [0.3, 0.4) is 0 Å². The van der Waals surface area contributed by atoms with Crippen LogP contribution in [0.25, 0.3) is 17.0 Å². The van der Waals surface area contributed by atoms with Crippen molar-refractivity contribution < 1.29 is 28.5 Å². The van der Waals surface area contributed by atoms with Crippen molar-refractivity contribution in [2.75, 3.05) is 34.5 Å². The highest BCUT2D eigenvalue weighted by molar-refractivity contribution is 5.80. The van der Waals surface area contributed by atoms with Crippen LogP contribution in [0.4, 0.5) is 0 Å². The average molecular weight is 494 g/mol. The zero-order valence-electron chi connectivity index (χ0n) is 20.4. The molecule has 4 aromatic rings. The number of fused-ring (bicyclic) bond motifs is 1. The lowest BCUT2D eigenvalue weighted by Gasteiger charge is -2.15. The van der Waals surface area contributed by atoms with Gasteiger partial charge in [-0.1, -0.05) is 0 Å². The molecule has 0 saturated carbocycles. The molecule has 1 unspecified atom stereocenters. The molecule has 0 aliphatic rings. The molecule has 2 aromatic heterocycles. The van der Waals surface area contributed by atoms with E-state index in [4.69, 9.17) is 23.7 Å². The quantitative estimate of drug-likeness (QED) is 0.315. The number of nitrogens with one attached hydrogen (secondary N) is 1. The van der Waals surface area contributed by atoms with E-state index in [9.17, 15) is 4.79 Å². The molecule has 0 fully saturated rings. The second kappa shape index (κ2) is 11.3. The Hall–Kier alpha value is -4.54. The van der Waals surface area contributed by atoms with Gasteiger partial charge in [-0.15, -0.1) is 15.3 Å². The predicted octanol–water partition coefficient (Wildman–Crippen LogP) is 2.78. The summed E-state index contributed by atoms with van der Waals surface area (Å²) in [5, 5.41) is 15.7. The number of aromatic nitrogens is 4. The first-order valence-electron chi connectivity index (χ1n) is 11.2. The van der Waals surface area contributed by atoms with Crippen molar-refractivity contribution in [2.24, 2.45) is 0 Å². The van der Waals surface area contributed by atoms with Gasteiger partial charge in [-0.2, -0.15) is 4.52 Å². The number of methoxy groups -OCH3 is 3. The average Bonchev–Trinajstić information content (AvgIpc) is 3.34. The van der Waals surface area contributed by atoms with Crippen LogP contribution in [0.1, 0.15) is 6.92 Å². The molecule has 2 heterocycles. The molecule has 11 heteroatoms. The summed E-state index contributed by atoms with van der Waals surface area (Å²) in [5.74, 6) is 3.10. The molecular weight excluding hydrogens is 466 g/mol. The highest BCUT2D eigenvalue weighted by Gasteiger charge is 2.17. The summed E-state index contributed by atoms with van der Waals surface area (Å²) >= 11 is 0. The highest BCUT2D eigenvalue weighted by atomic mass is 16.5. The predicted molar refractivity (Wildman–Crippen MR) is 131 cm³/mol. The fourth-order valence-corrected chi connectivity index (χ4v) is 3.39. The molecule has 11 nitrogen and oxygen atoms in total. The Balaban J connectivity index is 1.36. The van der Waals surface area contributed by atoms with Crippen molar-refractivity contribution in [3.8, 4) is 40.3 Å². The highest BCUT2D eigenvalue weighted by Crippen LogP contribution is 2.32. The normalized spacial score (nSPS) is 11.6. The Bertz CT molecular complexity index is 1320. The molecule has 2 aromatic carbocycles. The van der Waals surface area contributed by atoms with Gasteiger partial charge in [0.15, 0.2) is 17.6 Å². The fourth-order valence-electron chi connectivity index (χ4n) is 3.39. The van der Waals surface area contributed by atoms with E-state index in [0.717, 1.165) is 0 Å². The molecule has 0 aliphatic heterocycles. The molecular formula is C25H27N5O6. The number of nitrogens with zero attached hydrogens (tertiary/aromatic N) is 4. The number of hydrogen-bond donors (Lipinski definition) is 1. The minimum absolute atomic E-state index is 0.208. The number of amides is 1. The molecule has 1 N–H and O–H groups in total. The maximum atomic E-state index is 12.4. The summed E-state index contributed by atoms with van der Waals surface area (Å²) < 4.78 is 28.9. The third-order valence-corrected chi connectivity index (χ3v) is 5.28. The van der Waals surface area contributed by atoms with Gasteiger partial charge in [0.05, 0.1) is 33.4 Å². The molecule has 0 aliphatic carbocycles. The van der Waals surface area contributed by atoms with Crippen LogP contribution in [-0.2, 0) is 4.79 Å². The van der Waals surface area contributed by atoms with Crippen molar-refractivity contribution in [3.63, 3.8) is 0 Å². The van der Waals surface area contributed by atoms with E-state index >= 15 is 0 Å². The second-order valence-corrected chi connectivity index (χ2v) is 7.61. The first-order valence-corrected chi connectivity index (χ1v) is 11.2. The maximum absolute atomic E-state index is 12.4. The summed E-state index contributed by atoms with van der Waals surface area (Å²) in [6.07, 6.45) is -0.676. The van der Waals surface area contributed by atoms with E-state index in [2.05, 4.69) is 20.6 Å². The van der Waals surface area contributed by atoms with Crippen LogP contribution in [-0.4, -0.2) is 66.3 Å². The maximum Gasteiger partial charge on any atom is 0.260 e. The summed E-state index contributed by atoms with van der Waals surface area (Å²) in [6, 6.07) is 15.8. The van der Waals surface area contributed by atoms with E-state index in [1.54, 1.807) is 87.4 Å². The summed E-state index contributed by atoms with van der Waals surface area (Å²) in [4.78, 5) is 12.4. The third kappa shape index (κ3) is 5.57. The molecule has 188 valence electrons. The van der Waals surface area contributed by atoms with E-state index in [0.29, 0.717) is 45.9 Å². The monoisotopic (exact) mass is 493 g/mol. The van der Waals surface area contributed by atoms with Gasteiger partial charge in [-0.3, -0.25) is 4.79 Å². The summed E-state index contributed by atoms with van der Waals surface area (Å²) in [7, 11) is 4.75. The molecule has 36 heavy (non-hydrogen) atoms. The van der Waals surface area contributed by atoms with Gasteiger partial charge in [0.2, 0.25) is 5.88 Å². The van der Waals surface area contributed by atoms with E-state index in [1.807, 2.05) is 0 Å². The van der Waals surface area contributed by atoms with Gasteiger partial charge in [0.25, 0.3) is 5.91 Å². The smallest absolute Gasteiger partial charge is 0.260 e. The summed E-state index contributed by atoms with van der Waals surface area (Å²) in [6.45, 7) is 2.16. The number of carbonyl (C=O) groups is 1. The zero-order valence-corrected chi connectivity index (χ0v) is 20.4. The van der Waals surface area contributed by atoms with E-state index < -0.39 is 6.10 Å². The largest absolute Gasteiger partial charge is 0.497 e. The first kappa shape index (κ1) is 24.6. The molecule has 4 rings (SSSR count). The Kier molecular flexibility index (Phi) is 7.69. The van der Waals surface area contributed by atoms with Gasteiger partial charge in [-0.25, -0.2) is 0 Å². The Labute approximate surface area is 207 Å². The fraction of sp³-hybridized carbons (Fsp3) is 0.280. The van der Waals surface area contributed by atoms with Crippen molar-refractivity contribution >= 4 is 11.6 Å². The number of carbonyl (C=O) groups excluding carboxylic acids is 1. The first-order chi connectivity index (χ1) is 17.5. The van der Waals surface area contributed by atoms with Crippen molar-refractivity contribution in [3.05, 3.63) is 54.6 Å². The molecule has 0 spiro atoms. The third-order valence-electron chi connectivity index (χ3n) is 5.28. The molecule has 1 atom stereocenters. The lowest BCUT2D eigenvalue weighted by Crippen LogP contribution is -2.38. The topological polar surface area (TPSA) is 118 Å². The van der Waals surface area contributed by atoms with Crippen LogP contribution in [0, 0.1) is 0 Å². The van der Waals surface area contributed by atoms with Gasteiger partial charge < -0.3 is 29.0 Å².